The van der Waals surface area contributed by atoms with Crippen LogP contribution in [-0.4, -0.2) is 31.0 Å². The van der Waals surface area contributed by atoms with Gasteiger partial charge < -0.3 is 9.47 Å². The van der Waals surface area contributed by atoms with Crippen molar-refractivity contribution in [2.45, 2.75) is 11.8 Å². The van der Waals surface area contributed by atoms with Crippen LogP contribution in [-0.2, 0) is 9.59 Å². The summed E-state index contributed by atoms with van der Waals surface area (Å²) in [5.74, 6) is 0.280. The van der Waals surface area contributed by atoms with E-state index < -0.39 is 5.97 Å². The van der Waals surface area contributed by atoms with Gasteiger partial charge in [-0.15, -0.1) is 11.8 Å². The molecule has 0 atom stereocenters. The quantitative estimate of drug-likeness (QED) is 0.256. The Kier molecular flexibility index (Phi) is 7.50. The second-order valence-corrected chi connectivity index (χ2v) is 6.52. The van der Waals surface area contributed by atoms with Crippen LogP contribution in [0.5, 0.6) is 11.5 Å². The molecule has 2 aromatic rings. The van der Waals surface area contributed by atoms with Crippen molar-refractivity contribution in [3.8, 4) is 11.5 Å². The third kappa shape index (κ3) is 6.42. The van der Waals surface area contributed by atoms with E-state index in [-0.39, 0.29) is 11.7 Å². The van der Waals surface area contributed by atoms with E-state index in [0.717, 1.165) is 4.90 Å². The molecule has 0 aliphatic carbocycles. The Morgan fingerprint density at radius 2 is 1.92 bits per heavy atom. The number of hydrogen-bond acceptors (Lipinski definition) is 6. The van der Waals surface area contributed by atoms with Crippen LogP contribution in [0.3, 0.4) is 0 Å². The topological polar surface area (TPSA) is 77.0 Å². The van der Waals surface area contributed by atoms with Gasteiger partial charge in [-0.25, -0.2) is 5.43 Å². The molecule has 0 aromatic heterocycles. The first-order valence-corrected chi connectivity index (χ1v) is 8.91. The maximum Gasteiger partial charge on any atom is 0.308 e. The lowest BCUT2D eigenvalue weighted by Crippen LogP contribution is -2.19. The molecule has 136 valence electrons. The van der Waals surface area contributed by atoms with E-state index in [1.807, 2.05) is 12.1 Å². The summed E-state index contributed by atoms with van der Waals surface area (Å²) in [7, 11) is 1.47. The molecule has 0 bridgehead atoms. The van der Waals surface area contributed by atoms with E-state index in [1.165, 1.54) is 32.0 Å². The maximum absolute atomic E-state index is 11.8. The predicted octanol–water partition coefficient (Wildman–Crippen LogP) is 3.52. The molecular formula is C18H17ClN2O4S. The largest absolute Gasteiger partial charge is 0.493 e. The van der Waals surface area contributed by atoms with Gasteiger partial charge in [0.05, 0.1) is 19.1 Å². The summed E-state index contributed by atoms with van der Waals surface area (Å²) in [5.41, 5.74) is 3.14. The standard InChI is InChI=1S/C18H17ClN2O4S/c1-12(22)25-16-8-3-13(9-17(16)24-2)10-20-21-18(23)11-26-15-6-4-14(19)5-7-15/h3-10H,11H2,1-2H3,(H,21,23)/b20-10-. The molecule has 1 N–H and O–H groups in total. The van der Waals surface area contributed by atoms with Gasteiger partial charge in [-0.1, -0.05) is 11.6 Å². The van der Waals surface area contributed by atoms with Crippen LogP contribution in [0, 0.1) is 0 Å². The van der Waals surface area contributed by atoms with E-state index in [9.17, 15) is 9.59 Å². The van der Waals surface area contributed by atoms with Gasteiger partial charge >= 0.3 is 5.97 Å². The van der Waals surface area contributed by atoms with Crippen LogP contribution in [0.25, 0.3) is 0 Å². The maximum atomic E-state index is 11.8. The van der Waals surface area contributed by atoms with Crippen LogP contribution in [0.2, 0.25) is 5.02 Å². The Labute approximate surface area is 160 Å². The minimum Gasteiger partial charge on any atom is -0.493 e. The van der Waals surface area contributed by atoms with E-state index in [4.69, 9.17) is 21.1 Å². The first-order valence-electron chi connectivity index (χ1n) is 7.54. The molecule has 0 saturated heterocycles. The fourth-order valence-electron chi connectivity index (χ4n) is 1.89. The number of hydrogen-bond donors (Lipinski definition) is 1. The van der Waals surface area contributed by atoms with E-state index in [1.54, 1.807) is 30.3 Å². The summed E-state index contributed by atoms with van der Waals surface area (Å²) in [6.07, 6.45) is 1.48. The molecule has 2 aromatic carbocycles. The van der Waals surface area contributed by atoms with Crippen molar-refractivity contribution in [1.29, 1.82) is 0 Å². The third-order valence-corrected chi connectivity index (χ3v) is 4.29. The molecular weight excluding hydrogens is 376 g/mol. The van der Waals surface area contributed by atoms with Crippen molar-refractivity contribution in [3.63, 3.8) is 0 Å². The Bertz CT molecular complexity index is 809. The van der Waals surface area contributed by atoms with Gasteiger partial charge in [-0.2, -0.15) is 5.10 Å². The van der Waals surface area contributed by atoms with Crippen molar-refractivity contribution in [1.82, 2.24) is 5.43 Å². The second kappa shape index (κ2) is 9.84. The molecule has 0 unspecified atom stereocenters. The van der Waals surface area contributed by atoms with E-state index >= 15 is 0 Å². The highest BCUT2D eigenvalue weighted by atomic mass is 35.5. The number of carbonyl (C=O) groups excluding carboxylic acids is 2. The molecule has 0 saturated carbocycles. The zero-order chi connectivity index (χ0) is 18.9. The Morgan fingerprint density at radius 1 is 1.19 bits per heavy atom. The van der Waals surface area contributed by atoms with Crippen LogP contribution in [0.4, 0.5) is 0 Å². The molecule has 0 radical (unpaired) electrons. The van der Waals surface area contributed by atoms with Crippen molar-refractivity contribution >= 4 is 41.5 Å². The predicted molar refractivity (Wildman–Crippen MR) is 102 cm³/mol. The number of ether oxygens (including phenoxy) is 2. The zero-order valence-electron chi connectivity index (χ0n) is 14.2. The van der Waals surface area contributed by atoms with Crippen molar-refractivity contribution < 1.29 is 19.1 Å². The van der Waals surface area contributed by atoms with Crippen molar-refractivity contribution in [2.24, 2.45) is 5.10 Å². The number of nitrogens with zero attached hydrogens (tertiary/aromatic N) is 1. The number of hydrazone groups is 1. The van der Waals surface area contributed by atoms with Gasteiger partial charge in [0.2, 0.25) is 5.91 Å². The highest BCUT2D eigenvalue weighted by molar-refractivity contribution is 8.00. The summed E-state index contributed by atoms with van der Waals surface area (Å²) < 4.78 is 10.2. The van der Waals surface area contributed by atoms with Crippen LogP contribution >= 0.6 is 23.4 Å². The van der Waals surface area contributed by atoms with Crippen molar-refractivity contribution in [3.05, 3.63) is 53.1 Å². The minimum atomic E-state index is -0.435. The number of carbonyl (C=O) groups is 2. The number of amides is 1. The van der Waals surface area contributed by atoms with Gasteiger partial charge in [0.25, 0.3) is 0 Å². The lowest BCUT2D eigenvalue weighted by molar-refractivity contribution is -0.132. The monoisotopic (exact) mass is 392 g/mol. The molecule has 6 nitrogen and oxygen atoms in total. The molecule has 2 rings (SSSR count). The van der Waals surface area contributed by atoms with E-state index in [0.29, 0.717) is 22.1 Å². The molecule has 0 spiro atoms. The van der Waals surface area contributed by atoms with Gasteiger partial charge in [0.15, 0.2) is 11.5 Å². The molecule has 0 aliphatic heterocycles. The fraction of sp³-hybridized carbons (Fsp3) is 0.167. The fourth-order valence-corrected chi connectivity index (χ4v) is 2.71. The summed E-state index contributed by atoms with van der Waals surface area (Å²) >= 11 is 7.20. The summed E-state index contributed by atoms with van der Waals surface area (Å²) in [6.45, 7) is 1.31. The Balaban J connectivity index is 1.87. The normalized spacial score (nSPS) is 10.6. The van der Waals surface area contributed by atoms with E-state index in [2.05, 4.69) is 10.5 Å². The summed E-state index contributed by atoms with van der Waals surface area (Å²) in [5, 5.41) is 4.56. The molecule has 0 heterocycles. The number of halogens is 1. The summed E-state index contributed by atoms with van der Waals surface area (Å²) in [6, 6.07) is 12.2. The average molecular weight is 393 g/mol. The average Bonchev–Trinajstić information content (AvgIpc) is 2.62. The molecule has 0 aliphatic rings. The second-order valence-electron chi connectivity index (χ2n) is 5.04. The SMILES string of the molecule is COc1cc(/C=N\NC(=O)CSc2ccc(Cl)cc2)ccc1OC(C)=O. The molecule has 0 fully saturated rings. The van der Waals surface area contributed by atoms with Gasteiger partial charge in [-0.05, 0) is 48.0 Å². The highest BCUT2D eigenvalue weighted by Crippen LogP contribution is 2.27. The lowest BCUT2D eigenvalue weighted by Gasteiger charge is -2.08. The van der Waals surface area contributed by atoms with Crippen LogP contribution in [0.1, 0.15) is 12.5 Å². The number of benzene rings is 2. The molecule has 26 heavy (non-hydrogen) atoms. The number of rotatable bonds is 7. The first kappa shape index (κ1) is 19.8. The zero-order valence-corrected chi connectivity index (χ0v) is 15.8. The number of esters is 1. The van der Waals surface area contributed by atoms with Gasteiger partial charge in [0, 0.05) is 16.8 Å². The number of thioether (sulfide) groups is 1. The first-order chi connectivity index (χ1) is 12.5. The number of methoxy groups -OCH3 is 1. The molecule has 8 heteroatoms. The third-order valence-electron chi connectivity index (χ3n) is 3.03. The molecule has 1 amide bonds. The number of nitrogens with one attached hydrogen (secondary N) is 1. The lowest BCUT2D eigenvalue weighted by atomic mass is 10.2. The Hall–Kier alpha value is -2.51. The Morgan fingerprint density at radius 3 is 2.58 bits per heavy atom. The minimum absolute atomic E-state index is 0.230. The summed E-state index contributed by atoms with van der Waals surface area (Å²) in [4.78, 5) is 23.8. The highest BCUT2D eigenvalue weighted by Gasteiger charge is 2.07. The van der Waals surface area contributed by atoms with Gasteiger partial charge in [0.1, 0.15) is 0 Å². The van der Waals surface area contributed by atoms with Gasteiger partial charge in [-0.3, -0.25) is 9.59 Å². The van der Waals surface area contributed by atoms with Crippen molar-refractivity contribution in [2.75, 3.05) is 12.9 Å². The van der Waals surface area contributed by atoms with Crippen LogP contribution in [0.15, 0.2) is 52.5 Å². The van der Waals surface area contributed by atoms with Crippen LogP contribution < -0.4 is 14.9 Å². The smallest absolute Gasteiger partial charge is 0.308 e.